The third-order valence-corrected chi connectivity index (χ3v) is 17.0. The molecule has 0 spiro atoms. The van der Waals surface area contributed by atoms with Crippen molar-refractivity contribution in [1.29, 1.82) is 0 Å². The van der Waals surface area contributed by atoms with Gasteiger partial charge in [0.1, 0.15) is 24.2 Å². The third-order valence-electron chi connectivity index (χ3n) is 14.6. The van der Waals surface area contributed by atoms with Gasteiger partial charge in [0.05, 0.1) is 28.3 Å². The SMILES string of the molecule is CNC1CCC(CCCN=C(N)N)C(=O)NC(CCCN=C(N)N)C(=O)NC(CCCN=C(N)N)C(=O)NC(CCCN=C(N)N)C(=O)NC(CCCN=C(N)N)C(=O)NC(CCCN=C(N)N)C(=O)CC(C(=O)NCC(=O)C(C)C)CSc2c(F)c(F)c(c(F)c2F)SC1. The molecule has 8 unspecified atom stereocenters. The quantitative estimate of drug-likeness (QED) is 0.00910. The maximum Gasteiger partial charge on any atom is 0.243 e. The van der Waals surface area contributed by atoms with Gasteiger partial charge in [0.25, 0.3) is 0 Å². The second-order valence-corrected chi connectivity index (χ2v) is 24.6. The Labute approximate surface area is 557 Å². The lowest BCUT2D eigenvalue weighted by Crippen LogP contribution is -2.59. The van der Waals surface area contributed by atoms with Gasteiger partial charge in [0.2, 0.25) is 35.4 Å². The minimum atomic E-state index is -1.82. The average molecular weight is 1390 g/mol. The van der Waals surface area contributed by atoms with Crippen molar-refractivity contribution in [2.45, 2.75) is 156 Å². The second-order valence-electron chi connectivity index (χ2n) is 22.5. The summed E-state index contributed by atoms with van der Waals surface area (Å²) in [5.74, 6) is -19.7. The van der Waals surface area contributed by atoms with E-state index in [4.69, 9.17) is 68.8 Å². The summed E-state index contributed by atoms with van der Waals surface area (Å²) < 4.78 is 64.8. The summed E-state index contributed by atoms with van der Waals surface area (Å²) in [6.07, 6.45) is -1.12. The number of benzene rings is 1. The van der Waals surface area contributed by atoms with Crippen LogP contribution in [0.5, 0.6) is 0 Å². The number of nitrogens with zero attached hydrogens (tertiary/aromatic N) is 6. The van der Waals surface area contributed by atoms with E-state index in [0.29, 0.717) is 11.8 Å². The predicted molar refractivity (Wildman–Crippen MR) is 358 cm³/mol. The number of thioether (sulfide) groups is 2. The van der Waals surface area contributed by atoms with Crippen LogP contribution < -0.4 is 106 Å². The van der Waals surface area contributed by atoms with Crippen LogP contribution in [0.3, 0.4) is 0 Å². The minimum absolute atomic E-state index is 0.0000201. The number of carbonyl (C=O) groups is 8. The van der Waals surface area contributed by atoms with Crippen molar-refractivity contribution in [1.82, 2.24) is 37.2 Å². The predicted octanol–water partition coefficient (Wildman–Crippen LogP) is -3.91. The summed E-state index contributed by atoms with van der Waals surface area (Å²) in [6.45, 7) is 2.37. The number of hydrogen-bond donors (Lipinski definition) is 19. The van der Waals surface area contributed by atoms with Crippen LogP contribution >= 0.6 is 23.5 Å². The molecule has 534 valence electrons. The molecule has 0 aromatic heterocycles. The molecule has 39 heteroatoms. The van der Waals surface area contributed by atoms with E-state index in [1.807, 2.05) is 0 Å². The number of nitrogens with two attached hydrogens (primary N) is 12. The fourth-order valence-electron chi connectivity index (χ4n) is 9.30. The van der Waals surface area contributed by atoms with E-state index in [0.717, 1.165) is 0 Å². The molecule has 0 saturated carbocycles. The number of amides is 6. The lowest BCUT2D eigenvalue weighted by atomic mass is 9.94. The summed E-state index contributed by atoms with van der Waals surface area (Å²) in [4.78, 5) is 137. The summed E-state index contributed by atoms with van der Waals surface area (Å²) in [6, 6.07) is -8.25. The average Bonchev–Trinajstić information content (AvgIpc) is 0.822. The van der Waals surface area contributed by atoms with Crippen LogP contribution in [-0.2, 0) is 38.4 Å². The maximum absolute atomic E-state index is 16.2. The van der Waals surface area contributed by atoms with Crippen LogP contribution in [0.25, 0.3) is 0 Å². The first-order valence-corrected chi connectivity index (χ1v) is 32.8. The van der Waals surface area contributed by atoms with Crippen molar-refractivity contribution >= 4 is 106 Å². The Morgan fingerprint density at radius 1 is 0.463 bits per heavy atom. The Morgan fingerprint density at radius 2 is 0.768 bits per heavy atom. The van der Waals surface area contributed by atoms with Gasteiger partial charge in [-0.25, -0.2) is 17.6 Å². The van der Waals surface area contributed by atoms with E-state index in [2.05, 4.69) is 67.2 Å². The van der Waals surface area contributed by atoms with Crippen LogP contribution in [0, 0.1) is 41.0 Å². The van der Waals surface area contributed by atoms with Gasteiger partial charge in [-0.1, -0.05) is 13.8 Å². The van der Waals surface area contributed by atoms with Gasteiger partial charge in [-0.2, -0.15) is 0 Å². The van der Waals surface area contributed by atoms with Crippen LogP contribution in [0.1, 0.15) is 110 Å². The molecule has 1 aromatic rings. The number of carbonyl (C=O) groups excluding carboxylic acids is 8. The molecule has 1 aromatic carbocycles. The van der Waals surface area contributed by atoms with Crippen molar-refractivity contribution < 1.29 is 55.9 Å². The second kappa shape index (κ2) is 44.1. The molecule has 95 heavy (non-hydrogen) atoms. The highest BCUT2D eigenvalue weighted by atomic mass is 32.2. The number of rotatable bonds is 29. The zero-order valence-corrected chi connectivity index (χ0v) is 55.5. The molecule has 0 fully saturated rings. The molecule has 0 saturated heterocycles. The molecule has 2 aliphatic heterocycles. The topological polar surface area (TPSA) is 607 Å². The highest BCUT2D eigenvalue weighted by Crippen LogP contribution is 2.38. The highest BCUT2D eigenvalue weighted by molar-refractivity contribution is 7.99. The Balaban J connectivity index is 3.07. The largest absolute Gasteiger partial charge is 0.370 e. The summed E-state index contributed by atoms with van der Waals surface area (Å²) in [7, 11) is 1.51. The number of aliphatic imine (C=N–C) groups is 6. The monoisotopic (exact) mass is 1390 g/mol. The van der Waals surface area contributed by atoms with Crippen molar-refractivity contribution in [3.8, 4) is 0 Å². The third kappa shape index (κ3) is 32.4. The zero-order valence-electron chi connectivity index (χ0n) is 53.9. The van der Waals surface area contributed by atoms with Gasteiger partial charge >= 0.3 is 0 Å². The maximum atomic E-state index is 16.2. The standard InChI is InChI=1S/C56H97F4N25O8S2/c1-28(2)38(87)25-80-45(88)30-24-37(86)32(11-5-19-75-52(63)64)81-47(90)34(13-7-21-77-54(67)68)83-49(92)36(15-9-23-79-56(71)72)85-50(93)35(14-8-22-78-55(69)70)84-48(91)33(12-6-20-76-53(65)66)82-46(89)29(10-4-18-74-51(61)62)16-17-31(73-3)27-95-44-41(59)39(57)43(94-26-30)40(58)42(44)60/h28-36,73H,4-27H2,1-3H3,(H,80,88)(H,81,90)(H,82,89)(H,83,92)(H,84,91)(H,85,93)(H4,61,62,74)(H4,63,64,75)(H4,65,66,76)(H4,67,68,77)(H4,69,70,78)(H4,71,72,79). The van der Waals surface area contributed by atoms with Crippen LogP contribution in [-0.4, -0.2) is 183 Å². The molecule has 0 aliphatic carbocycles. The molecule has 31 N–H and O–H groups in total. The Kier molecular flexibility index (Phi) is 38.3. The molecule has 6 amide bonds. The van der Waals surface area contributed by atoms with Crippen LogP contribution in [0.4, 0.5) is 17.6 Å². The number of ketones is 2. The smallest absolute Gasteiger partial charge is 0.243 e. The number of hydrogen-bond acceptors (Lipinski definition) is 17. The summed E-state index contributed by atoms with van der Waals surface area (Å²) in [5.41, 5.74) is 66.9. The van der Waals surface area contributed by atoms with E-state index in [-0.39, 0.29) is 182 Å². The van der Waals surface area contributed by atoms with Gasteiger partial charge in [0.15, 0.2) is 70.6 Å². The first-order chi connectivity index (χ1) is 44.9. The normalized spacial score (nSPS) is 20.7. The first kappa shape index (κ1) is 82.5. The minimum Gasteiger partial charge on any atom is -0.370 e. The lowest BCUT2D eigenvalue weighted by molar-refractivity contribution is -0.136. The van der Waals surface area contributed by atoms with Crippen molar-refractivity contribution in [3.63, 3.8) is 0 Å². The lowest BCUT2D eigenvalue weighted by Gasteiger charge is -2.28. The number of halogens is 4. The van der Waals surface area contributed by atoms with E-state index >= 15 is 17.6 Å². The zero-order chi connectivity index (χ0) is 71.3. The van der Waals surface area contributed by atoms with Crippen molar-refractivity contribution in [3.05, 3.63) is 23.3 Å². The van der Waals surface area contributed by atoms with Crippen molar-refractivity contribution in [2.24, 2.45) is 117 Å². The van der Waals surface area contributed by atoms with Crippen LogP contribution in [0.2, 0.25) is 0 Å². The fraction of sp³-hybridized carbons (Fsp3) is 0.643. The Hall–Kier alpha value is -8.62. The molecular formula is C56H97F4N25O8S2. The molecule has 3 rings (SSSR count). The van der Waals surface area contributed by atoms with E-state index in [1.165, 1.54) is 7.05 Å². The summed E-state index contributed by atoms with van der Waals surface area (Å²) >= 11 is 0.601. The first-order valence-electron chi connectivity index (χ1n) is 30.8. The number of nitrogens with one attached hydrogen (secondary N) is 7. The number of guanidine groups is 6. The van der Waals surface area contributed by atoms with Gasteiger partial charge in [-0.05, 0) is 96.9 Å². The Morgan fingerprint density at radius 3 is 1.09 bits per heavy atom. The van der Waals surface area contributed by atoms with Gasteiger partial charge < -0.3 is 106 Å². The molecule has 8 atom stereocenters. The molecule has 0 radical (unpaired) electrons. The molecule has 33 nitrogen and oxygen atoms in total. The summed E-state index contributed by atoms with van der Waals surface area (Å²) in [5, 5.41) is 18.8. The van der Waals surface area contributed by atoms with E-state index in [1.54, 1.807) is 13.8 Å². The number of Topliss-reactive ketones (excluding diaryl/α,β-unsaturated/α-hetero) is 2. The Bertz CT molecular complexity index is 2870. The highest BCUT2D eigenvalue weighted by Gasteiger charge is 2.36. The van der Waals surface area contributed by atoms with Gasteiger partial charge in [-0.3, -0.25) is 68.3 Å². The molecule has 2 bridgehead atoms. The molecular weight excluding hydrogens is 1290 g/mol. The molecule has 2 heterocycles. The van der Waals surface area contributed by atoms with E-state index < -0.39 is 153 Å². The van der Waals surface area contributed by atoms with E-state index in [9.17, 15) is 38.4 Å². The molecule has 2 aliphatic rings. The fourth-order valence-corrected chi connectivity index (χ4v) is 11.5. The van der Waals surface area contributed by atoms with Crippen LogP contribution in [0.15, 0.2) is 39.7 Å². The van der Waals surface area contributed by atoms with Gasteiger partial charge in [0, 0.05) is 75.1 Å². The number of fused-ring (bicyclic) bond motifs is 27. The van der Waals surface area contributed by atoms with Gasteiger partial charge in [-0.15, -0.1) is 23.5 Å². The van der Waals surface area contributed by atoms with Crippen molar-refractivity contribution in [2.75, 3.05) is 64.4 Å².